The van der Waals surface area contributed by atoms with Gasteiger partial charge >= 0.3 is 0 Å². The van der Waals surface area contributed by atoms with E-state index in [0.29, 0.717) is 0 Å². The highest BCUT2D eigenvalue weighted by atomic mass is 35.5. The molecule has 3 heteroatoms. The van der Waals surface area contributed by atoms with Crippen molar-refractivity contribution >= 4 is 33.2 Å². The fourth-order valence-electron chi connectivity index (χ4n) is 1.74. The maximum Gasteiger partial charge on any atom is 0.0234 e. The van der Waals surface area contributed by atoms with Gasteiger partial charge in [-0.2, -0.15) is 0 Å². The van der Waals surface area contributed by atoms with Crippen LogP contribution in [0, 0.1) is 5.92 Å². The topological polar surface area (TPSA) is 0 Å². The second-order valence-corrected chi connectivity index (χ2v) is 7.19. The first kappa shape index (κ1) is 16.0. The van der Waals surface area contributed by atoms with E-state index in [0.717, 1.165) is 23.5 Å². The molecule has 1 unspecified atom stereocenters. The maximum atomic E-state index is 5.84. The standard InChI is InChI=1S/C12H25ClS2/c1-4-5-6-7-8-11(2)12(9-10-13)15-14-3/h11-12H,4-10H2,1-3H3/t11?,12-/m0/s1. The molecule has 0 aromatic rings. The van der Waals surface area contributed by atoms with Crippen molar-refractivity contribution in [2.45, 2.75) is 57.6 Å². The van der Waals surface area contributed by atoms with Crippen molar-refractivity contribution < 1.29 is 0 Å². The van der Waals surface area contributed by atoms with Gasteiger partial charge in [-0.1, -0.05) is 61.1 Å². The molecule has 0 fully saturated rings. The average Bonchev–Trinajstić information content (AvgIpc) is 2.24. The lowest BCUT2D eigenvalue weighted by Crippen LogP contribution is -2.14. The summed E-state index contributed by atoms with van der Waals surface area (Å²) in [7, 11) is 3.88. The second-order valence-electron chi connectivity index (χ2n) is 4.11. The van der Waals surface area contributed by atoms with E-state index < -0.39 is 0 Å². The number of unbranched alkanes of at least 4 members (excludes halogenated alkanes) is 3. The molecule has 0 aromatic carbocycles. The van der Waals surface area contributed by atoms with E-state index >= 15 is 0 Å². The van der Waals surface area contributed by atoms with Crippen molar-refractivity contribution in [3.63, 3.8) is 0 Å². The molecule has 0 heterocycles. The SMILES string of the molecule is CCCCCCC(C)[C@H](CCCl)SSC. The fourth-order valence-corrected chi connectivity index (χ4v) is 4.49. The Labute approximate surface area is 109 Å². The van der Waals surface area contributed by atoms with Crippen molar-refractivity contribution in [2.24, 2.45) is 5.92 Å². The van der Waals surface area contributed by atoms with Gasteiger partial charge in [-0.05, 0) is 25.0 Å². The molecule has 0 radical (unpaired) electrons. The van der Waals surface area contributed by atoms with E-state index in [2.05, 4.69) is 20.1 Å². The average molecular weight is 269 g/mol. The molecule has 0 aliphatic heterocycles. The van der Waals surface area contributed by atoms with Gasteiger partial charge in [0.15, 0.2) is 0 Å². The molecule has 0 saturated carbocycles. The minimum atomic E-state index is 0.749. The molecule has 15 heavy (non-hydrogen) atoms. The molecule has 92 valence electrons. The minimum absolute atomic E-state index is 0.749. The third-order valence-corrected chi connectivity index (χ3v) is 5.44. The van der Waals surface area contributed by atoms with Crippen LogP contribution in [0.1, 0.15) is 52.4 Å². The third kappa shape index (κ3) is 8.76. The molecule has 0 N–H and O–H groups in total. The van der Waals surface area contributed by atoms with Crippen LogP contribution in [-0.4, -0.2) is 17.4 Å². The molecule has 0 rings (SSSR count). The number of alkyl halides is 1. The van der Waals surface area contributed by atoms with Gasteiger partial charge in [-0.25, -0.2) is 0 Å². The Kier molecular flexibility index (Phi) is 12.2. The first-order valence-electron chi connectivity index (χ1n) is 6.01. The van der Waals surface area contributed by atoms with Crippen LogP contribution in [0.4, 0.5) is 0 Å². The van der Waals surface area contributed by atoms with E-state index in [9.17, 15) is 0 Å². The van der Waals surface area contributed by atoms with Gasteiger partial charge in [0.05, 0.1) is 0 Å². The Morgan fingerprint density at radius 1 is 1.13 bits per heavy atom. The van der Waals surface area contributed by atoms with Crippen LogP contribution < -0.4 is 0 Å². The molecular weight excluding hydrogens is 244 g/mol. The summed E-state index contributed by atoms with van der Waals surface area (Å²) in [5, 5.41) is 0.749. The lowest BCUT2D eigenvalue weighted by atomic mass is 9.98. The Bertz CT molecular complexity index is 125. The van der Waals surface area contributed by atoms with Crippen LogP contribution in [0.15, 0.2) is 0 Å². The van der Waals surface area contributed by atoms with E-state index in [1.54, 1.807) is 0 Å². The number of hydrogen-bond donors (Lipinski definition) is 0. The fraction of sp³-hybridized carbons (Fsp3) is 1.00. The van der Waals surface area contributed by atoms with Crippen molar-refractivity contribution in [2.75, 3.05) is 12.1 Å². The monoisotopic (exact) mass is 268 g/mol. The predicted molar refractivity (Wildman–Crippen MR) is 78.2 cm³/mol. The smallest absolute Gasteiger partial charge is 0.0234 e. The van der Waals surface area contributed by atoms with Crippen molar-refractivity contribution in [1.82, 2.24) is 0 Å². The molecule has 0 saturated heterocycles. The Hall–Kier alpha value is 0.990. The summed E-state index contributed by atoms with van der Waals surface area (Å²) in [5.74, 6) is 1.62. The van der Waals surface area contributed by atoms with Gasteiger partial charge < -0.3 is 0 Å². The van der Waals surface area contributed by atoms with Gasteiger partial charge in [0, 0.05) is 11.1 Å². The largest absolute Gasteiger partial charge is 0.127 e. The summed E-state index contributed by atoms with van der Waals surface area (Å²) in [5.41, 5.74) is 0. The van der Waals surface area contributed by atoms with Gasteiger partial charge in [-0.3, -0.25) is 0 Å². The molecule has 0 amide bonds. The lowest BCUT2D eigenvalue weighted by Gasteiger charge is -2.21. The number of hydrogen-bond acceptors (Lipinski definition) is 2. The van der Waals surface area contributed by atoms with Gasteiger partial charge in [0.1, 0.15) is 0 Å². The van der Waals surface area contributed by atoms with Crippen molar-refractivity contribution in [3.05, 3.63) is 0 Å². The minimum Gasteiger partial charge on any atom is -0.127 e. The molecule has 0 aliphatic rings. The highest BCUT2D eigenvalue weighted by Gasteiger charge is 2.16. The zero-order valence-corrected chi connectivity index (χ0v) is 12.7. The summed E-state index contributed by atoms with van der Waals surface area (Å²) >= 11 is 5.84. The van der Waals surface area contributed by atoms with Gasteiger partial charge in [-0.15, -0.1) is 11.6 Å². The first-order chi connectivity index (χ1) is 7.26. The summed E-state index contributed by atoms with van der Waals surface area (Å²) in [6.45, 7) is 4.65. The molecule has 0 bridgehead atoms. The van der Waals surface area contributed by atoms with Crippen LogP contribution in [0.2, 0.25) is 0 Å². The second kappa shape index (κ2) is 11.5. The molecule has 0 nitrogen and oxygen atoms in total. The predicted octanol–water partition coefficient (Wildman–Crippen LogP) is 5.60. The van der Waals surface area contributed by atoms with Crippen molar-refractivity contribution in [3.8, 4) is 0 Å². The normalized spacial score (nSPS) is 15.2. The van der Waals surface area contributed by atoms with Crippen LogP contribution in [0.3, 0.4) is 0 Å². The zero-order valence-electron chi connectivity index (χ0n) is 10.3. The molecule has 0 spiro atoms. The van der Waals surface area contributed by atoms with Crippen LogP contribution in [0.25, 0.3) is 0 Å². The Morgan fingerprint density at radius 2 is 1.87 bits per heavy atom. The van der Waals surface area contributed by atoms with Crippen LogP contribution in [0.5, 0.6) is 0 Å². The van der Waals surface area contributed by atoms with E-state index in [1.807, 2.05) is 21.6 Å². The van der Waals surface area contributed by atoms with Crippen molar-refractivity contribution in [1.29, 1.82) is 0 Å². The zero-order chi connectivity index (χ0) is 11.5. The Morgan fingerprint density at radius 3 is 2.40 bits per heavy atom. The summed E-state index contributed by atoms with van der Waals surface area (Å²) in [4.78, 5) is 0. The molecule has 0 aliphatic carbocycles. The molecular formula is C12H25ClS2. The van der Waals surface area contributed by atoms with Crippen LogP contribution >= 0.6 is 33.2 Å². The summed E-state index contributed by atoms with van der Waals surface area (Å²) in [6, 6.07) is 0. The highest BCUT2D eigenvalue weighted by molar-refractivity contribution is 8.76. The number of rotatable bonds is 10. The van der Waals surface area contributed by atoms with Crippen LogP contribution in [-0.2, 0) is 0 Å². The van der Waals surface area contributed by atoms with E-state index in [4.69, 9.17) is 11.6 Å². The molecule has 0 aromatic heterocycles. The third-order valence-electron chi connectivity index (χ3n) is 2.76. The maximum absolute atomic E-state index is 5.84. The quantitative estimate of drug-likeness (QED) is 0.287. The summed E-state index contributed by atoms with van der Waals surface area (Å²) < 4.78 is 0. The summed E-state index contributed by atoms with van der Waals surface area (Å²) in [6.07, 6.45) is 10.2. The van der Waals surface area contributed by atoms with E-state index in [-0.39, 0.29) is 0 Å². The first-order valence-corrected chi connectivity index (χ1v) is 9.17. The lowest BCUT2D eigenvalue weighted by molar-refractivity contribution is 0.468. The number of halogens is 1. The Balaban J connectivity index is 3.65. The van der Waals surface area contributed by atoms with E-state index in [1.165, 1.54) is 32.1 Å². The highest BCUT2D eigenvalue weighted by Crippen LogP contribution is 2.33. The molecule has 2 atom stereocenters. The van der Waals surface area contributed by atoms with Gasteiger partial charge in [0.2, 0.25) is 0 Å². The van der Waals surface area contributed by atoms with Gasteiger partial charge in [0.25, 0.3) is 0 Å².